The molecule has 2 N–H and O–H groups in total. The largest absolute Gasteiger partial charge is 0.395 e. The van der Waals surface area contributed by atoms with Gasteiger partial charge in [-0.1, -0.05) is 0 Å². The molecule has 0 amide bonds. The highest BCUT2D eigenvalue weighted by atomic mass is 32.1. The first-order valence-corrected chi connectivity index (χ1v) is 6.83. The smallest absolute Gasteiger partial charge is 0.182 e. The number of nitrogens with one attached hydrogen (secondary N) is 1. The van der Waals surface area contributed by atoms with Crippen molar-refractivity contribution in [3.05, 3.63) is 35.0 Å². The number of rotatable bonds is 5. The normalized spacial score (nSPS) is 11.0. The fourth-order valence-corrected chi connectivity index (χ4v) is 2.64. The Labute approximate surface area is 113 Å². The molecular formula is C12H13N5OS. The molecule has 0 aliphatic rings. The van der Waals surface area contributed by atoms with Gasteiger partial charge < -0.3 is 15.0 Å². The summed E-state index contributed by atoms with van der Waals surface area (Å²) in [5.74, 6) is 0.766. The number of nitrogens with zero attached hydrogens (tertiary/aromatic N) is 4. The Bertz CT molecular complexity index is 651. The third kappa shape index (κ3) is 2.42. The molecule has 98 valence electrons. The van der Waals surface area contributed by atoms with Crippen LogP contribution in [-0.2, 0) is 6.54 Å². The van der Waals surface area contributed by atoms with Crippen LogP contribution >= 0.6 is 11.3 Å². The van der Waals surface area contributed by atoms with E-state index in [0.29, 0.717) is 18.7 Å². The summed E-state index contributed by atoms with van der Waals surface area (Å²) in [5, 5.41) is 13.4. The van der Waals surface area contributed by atoms with Crippen molar-refractivity contribution in [1.29, 1.82) is 0 Å². The summed E-state index contributed by atoms with van der Waals surface area (Å²) in [6, 6.07) is 2.07. The number of aliphatic hydroxyl groups excluding tert-OH is 1. The first-order valence-electron chi connectivity index (χ1n) is 5.89. The highest BCUT2D eigenvalue weighted by Gasteiger charge is 2.14. The molecule has 0 unspecified atom stereocenters. The van der Waals surface area contributed by atoms with Crippen molar-refractivity contribution in [3.8, 4) is 0 Å². The summed E-state index contributed by atoms with van der Waals surface area (Å²) in [4.78, 5) is 17.6. The lowest BCUT2D eigenvalue weighted by atomic mass is 10.3. The van der Waals surface area contributed by atoms with E-state index >= 15 is 0 Å². The van der Waals surface area contributed by atoms with Crippen molar-refractivity contribution in [2.45, 2.75) is 6.54 Å². The average molecular weight is 275 g/mol. The lowest BCUT2D eigenvalue weighted by molar-refractivity contribution is 0.301. The van der Waals surface area contributed by atoms with E-state index in [4.69, 9.17) is 0 Å². The van der Waals surface area contributed by atoms with E-state index in [1.807, 2.05) is 10.3 Å². The molecule has 7 heteroatoms. The number of anilines is 1. The first kappa shape index (κ1) is 12.1. The molecule has 0 aromatic carbocycles. The van der Waals surface area contributed by atoms with Crippen LogP contribution in [0, 0.1) is 0 Å². The number of fused-ring (bicyclic) bond motifs is 1. The van der Waals surface area contributed by atoms with Crippen molar-refractivity contribution in [1.82, 2.24) is 19.9 Å². The van der Waals surface area contributed by atoms with Crippen molar-refractivity contribution in [3.63, 3.8) is 0 Å². The number of H-pyrrole nitrogens is 1. The summed E-state index contributed by atoms with van der Waals surface area (Å²) in [6.45, 7) is 1.29. The van der Waals surface area contributed by atoms with Crippen LogP contribution in [-0.4, -0.2) is 38.2 Å². The Balaban J connectivity index is 1.97. The molecule has 0 fully saturated rings. The molecule has 3 aromatic heterocycles. The van der Waals surface area contributed by atoms with Gasteiger partial charge in [0, 0.05) is 13.1 Å². The van der Waals surface area contributed by atoms with E-state index < -0.39 is 0 Å². The second kappa shape index (κ2) is 5.33. The van der Waals surface area contributed by atoms with E-state index in [0.717, 1.165) is 11.3 Å². The first-order chi connectivity index (χ1) is 9.38. The number of aromatic nitrogens is 4. The van der Waals surface area contributed by atoms with Crippen LogP contribution in [0.5, 0.6) is 0 Å². The van der Waals surface area contributed by atoms with Crippen molar-refractivity contribution in [2.24, 2.45) is 0 Å². The van der Waals surface area contributed by atoms with Crippen LogP contribution in [0.2, 0.25) is 0 Å². The standard InChI is InChI=1S/C12H13N5OS/c18-3-2-17(5-9-1-4-19-6-9)12-10-11(14-7-13-10)15-8-16-12/h1,4,6-8,18H,2-3,5H2,(H,13,14,15,16). The van der Waals surface area contributed by atoms with Gasteiger partial charge in [0.1, 0.15) is 11.8 Å². The third-order valence-electron chi connectivity index (χ3n) is 2.83. The Morgan fingerprint density at radius 3 is 3.05 bits per heavy atom. The summed E-state index contributed by atoms with van der Waals surface area (Å²) in [7, 11) is 0. The molecule has 0 aliphatic carbocycles. The van der Waals surface area contributed by atoms with E-state index in [9.17, 15) is 5.11 Å². The van der Waals surface area contributed by atoms with E-state index in [1.54, 1.807) is 17.7 Å². The van der Waals surface area contributed by atoms with Gasteiger partial charge in [-0.05, 0) is 22.4 Å². The van der Waals surface area contributed by atoms with Gasteiger partial charge in [0.25, 0.3) is 0 Å². The average Bonchev–Trinajstić information content (AvgIpc) is 3.08. The lowest BCUT2D eigenvalue weighted by Gasteiger charge is -2.22. The van der Waals surface area contributed by atoms with Gasteiger partial charge >= 0.3 is 0 Å². The second-order valence-electron chi connectivity index (χ2n) is 4.08. The van der Waals surface area contributed by atoms with Gasteiger partial charge in [-0.15, -0.1) is 0 Å². The Morgan fingerprint density at radius 1 is 1.32 bits per heavy atom. The predicted molar refractivity (Wildman–Crippen MR) is 74.1 cm³/mol. The van der Waals surface area contributed by atoms with Gasteiger partial charge in [-0.3, -0.25) is 0 Å². The molecule has 6 nitrogen and oxygen atoms in total. The van der Waals surface area contributed by atoms with Gasteiger partial charge in [0.15, 0.2) is 11.5 Å². The number of aliphatic hydroxyl groups is 1. The topological polar surface area (TPSA) is 77.9 Å². The zero-order chi connectivity index (χ0) is 13.1. The van der Waals surface area contributed by atoms with Crippen LogP contribution in [0.1, 0.15) is 5.56 Å². The maximum atomic E-state index is 9.24. The van der Waals surface area contributed by atoms with E-state index in [1.165, 1.54) is 11.9 Å². The molecular weight excluding hydrogens is 262 g/mol. The van der Waals surface area contributed by atoms with Crippen LogP contribution in [0.3, 0.4) is 0 Å². The molecule has 0 atom stereocenters. The van der Waals surface area contributed by atoms with E-state index in [2.05, 4.69) is 31.4 Å². The minimum Gasteiger partial charge on any atom is -0.395 e. The van der Waals surface area contributed by atoms with Gasteiger partial charge in [0.2, 0.25) is 0 Å². The van der Waals surface area contributed by atoms with E-state index in [-0.39, 0.29) is 6.61 Å². The SMILES string of the molecule is OCCN(Cc1ccsc1)c1ncnc2nc[nH]c12. The predicted octanol–water partition coefficient (Wildman–Crippen LogP) is 1.41. The van der Waals surface area contributed by atoms with Crippen LogP contribution in [0.4, 0.5) is 5.82 Å². The minimum absolute atomic E-state index is 0.0732. The zero-order valence-electron chi connectivity index (χ0n) is 10.2. The molecule has 0 saturated heterocycles. The molecule has 0 spiro atoms. The molecule has 3 heterocycles. The lowest BCUT2D eigenvalue weighted by Crippen LogP contribution is -2.27. The Kier molecular flexibility index (Phi) is 3.39. The summed E-state index contributed by atoms with van der Waals surface area (Å²) in [5.41, 5.74) is 2.63. The monoisotopic (exact) mass is 275 g/mol. The minimum atomic E-state index is 0.0732. The molecule has 0 aliphatic heterocycles. The molecule has 0 saturated carbocycles. The highest BCUT2D eigenvalue weighted by Crippen LogP contribution is 2.21. The Morgan fingerprint density at radius 2 is 2.26 bits per heavy atom. The van der Waals surface area contributed by atoms with Crippen LogP contribution < -0.4 is 4.90 Å². The fourth-order valence-electron chi connectivity index (χ4n) is 1.98. The Hall–Kier alpha value is -1.99. The maximum absolute atomic E-state index is 9.24. The number of thiophene rings is 1. The summed E-state index contributed by atoms with van der Waals surface area (Å²) >= 11 is 1.66. The molecule has 19 heavy (non-hydrogen) atoms. The molecule has 3 rings (SSSR count). The third-order valence-corrected chi connectivity index (χ3v) is 3.56. The van der Waals surface area contributed by atoms with Gasteiger partial charge in [0.05, 0.1) is 12.9 Å². The number of imidazole rings is 1. The quantitative estimate of drug-likeness (QED) is 0.736. The molecule has 0 bridgehead atoms. The van der Waals surface area contributed by atoms with Crippen LogP contribution in [0.25, 0.3) is 11.2 Å². The van der Waals surface area contributed by atoms with Gasteiger partial charge in [-0.2, -0.15) is 11.3 Å². The number of aromatic amines is 1. The zero-order valence-corrected chi connectivity index (χ0v) is 11.0. The number of hydrogen-bond donors (Lipinski definition) is 2. The molecule has 3 aromatic rings. The summed E-state index contributed by atoms with van der Waals surface area (Å²) in [6.07, 6.45) is 3.10. The second-order valence-corrected chi connectivity index (χ2v) is 4.86. The number of hydrogen-bond acceptors (Lipinski definition) is 6. The maximum Gasteiger partial charge on any atom is 0.182 e. The fraction of sp³-hybridized carbons (Fsp3) is 0.250. The van der Waals surface area contributed by atoms with Gasteiger partial charge in [-0.25, -0.2) is 15.0 Å². The van der Waals surface area contributed by atoms with Crippen molar-refractivity contribution in [2.75, 3.05) is 18.1 Å². The highest BCUT2D eigenvalue weighted by molar-refractivity contribution is 7.07. The van der Waals surface area contributed by atoms with Crippen molar-refractivity contribution < 1.29 is 5.11 Å². The summed E-state index contributed by atoms with van der Waals surface area (Å²) < 4.78 is 0. The van der Waals surface area contributed by atoms with Crippen molar-refractivity contribution >= 4 is 28.3 Å². The molecule has 0 radical (unpaired) electrons. The van der Waals surface area contributed by atoms with Crippen LogP contribution in [0.15, 0.2) is 29.5 Å².